The Hall–Kier alpha value is -3.26. The summed E-state index contributed by atoms with van der Waals surface area (Å²) in [4.78, 5) is 20.7. The normalized spacial score (nSPS) is 17.8. The van der Waals surface area contributed by atoms with Gasteiger partial charge in [-0.15, -0.1) is 5.10 Å². The molecule has 8 heteroatoms. The lowest BCUT2D eigenvalue weighted by Crippen LogP contribution is -2.64. The van der Waals surface area contributed by atoms with Crippen molar-refractivity contribution in [2.75, 3.05) is 44.2 Å². The third kappa shape index (κ3) is 3.66. The Kier molecular flexibility index (Phi) is 4.92. The first-order chi connectivity index (χ1) is 14.7. The summed E-state index contributed by atoms with van der Waals surface area (Å²) < 4.78 is 13.1. The Bertz CT molecular complexity index is 1010. The second-order valence-corrected chi connectivity index (χ2v) is 7.72. The van der Waals surface area contributed by atoms with E-state index < -0.39 is 0 Å². The Morgan fingerprint density at radius 3 is 2.30 bits per heavy atom. The van der Waals surface area contributed by atoms with E-state index in [2.05, 4.69) is 20.0 Å². The Morgan fingerprint density at radius 2 is 1.60 bits per heavy atom. The van der Waals surface area contributed by atoms with Crippen LogP contribution in [0.1, 0.15) is 10.5 Å². The van der Waals surface area contributed by atoms with Crippen LogP contribution < -0.4 is 4.90 Å². The van der Waals surface area contributed by atoms with E-state index in [0.29, 0.717) is 24.8 Å². The number of hydrogen-bond acceptors (Lipinski definition) is 5. The van der Waals surface area contributed by atoms with Crippen molar-refractivity contribution in [3.8, 4) is 5.69 Å². The van der Waals surface area contributed by atoms with Crippen molar-refractivity contribution in [3.63, 3.8) is 0 Å². The van der Waals surface area contributed by atoms with Gasteiger partial charge < -0.3 is 9.80 Å². The van der Waals surface area contributed by atoms with Gasteiger partial charge in [-0.3, -0.25) is 9.69 Å². The number of rotatable bonds is 4. The van der Waals surface area contributed by atoms with E-state index >= 15 is 0 Å². The summed E-state index contributed by atoms with van der Waals surface area (Å²) in [7, 11) is 0. The molecule has 0 bridgehead atoms. The number of carbonyl (C=O) groups is 1. The minimum atomic E-state index is -0.208. The maximum absolute atomic E-state index is 13.1. The van der Waals surface area contributed by atoms with Crippen molar-refractivity contribution in [3.05, 3.63) is 72.3 Å². The molecule has 0 aliphatic carbocycles. The quantitative estimate of drug-likeness (QED) is 0.664. The monoisotopic (exact) mass is 406 g/mol. The Labute approximate surface area is 174 Å². The lowest BCUT2D eigenvalue weighted by molar-refractivity contribution is 0.0242. The Balaban J connectivity index is 1.13. The Morgan fingerprint density at radius 1 is 0.900 bits per heavy atom. The smallest absolute Gasteiger partial charge is 0.276 e. The van der Waals surface area contributed by atoms with Gasteiger partial charge in [0, 0.05) is 51.0 Å². The van der Waals surface area contributed by atoms with Crippen LogP contribution in [0.3, 0.4) is 0 Å². The number of anilines is 1. The number of nitrogens with zero attached hydrogens (tertiary/aromatic N) is 6. The van der Waals surface area contributed by atoms with Crippen molar-refractivity contribution in [1.29, 1.82) is 0 Å². The zero-order chi connectivity index (χ0) is 20.5. The molecule has 2 aliphatic rings. The maximum Gasteiger partial charge on any atom is 0.276 e. The van der Waals surface area contributed by atoms with E-state index in [0.717, 1.165) is 37.6 Å². The van der Waals surface area contributed by atoms with Crippen LogP contribution in [-0.2, 0) is 0 Å². The van der Waals surface area contributed by atoms with Crippen molar-refractivity contribution < 1.29 is 9.18 Å². The molecule has 1 amide bonds. The van der Waals surface area contributed by atoms with Crippen molar-refractivity contribution >= 4 is 11.6 Å². The number of likely N-dealkylation sites (tertiary alicyclic amines) is 1. The van der Waals surface area contributed by atoms with Crippen molar-refractivity contribution in [2.45, 2.75) is 6.04 Å². The van der Waals surface area contributed by atoms with Crippen molar-refractivity contribution in [2.24, 2.45) is 0 Å². The highest BCUT2D eigenvalue weighted by molar-refractivity contribution is 5.92. The predicted octanol–water partition coefficient (Wildman–Crippen LogP) is 2.05. The first-order valence-electron chi connectivity index (χ1n) is 10.2. The van der Waals surface area contributed by atoms with Gasteiger partial charge in [-0.1, -0.05) is 18.2 Å². The van der Waals surface area contributed by atoms with E-state index in [1.807, 2.05) is 47.4 Å². The third-order valence-electron chi connectivity index (χ3n) is 5.87. The second kappa shape index (κ2) is 7.87. The first-order valence-corrected chi connectivity index (χ1v) is 10.2. The van der Waals surface area contributed by atoms with Crippen LogP contribution in [0.25, 0.3) is 5.69 Å². The molecule has 3 heterocycles. The van der Waals surface area contributed by atoms with Gasteiger partial charge in [0.25, 0.3) is 5.91 Å². The molecule has 2 fully saturated rings. The van der Waals surface area contributed by atoms with E-state index in [4.69, 9.17) is 0 Å². The largest absolute Gasteiger partial charge is 0.369 e. The zero-order valence-electron chi connectivity index (χ0n) is 16.6. The first kappa shape index (κ1) is 18.7. The fourth-order valence-electron chi connectivity index (χ4n) is 4.06. The second-order valence-electron chi connectivity index (χ2n) is 7.72. The number of halogens is 1. The highest BCUT2D eigenvalue weighted by atomic mass is 19.1. The van der Waals surface area contributed by atoms with E-state index in [9.17, 15) is 9.18 Å². The molecule has 0 spiro atoms. The average Bonchev–Trinajstić information content (AvgIpc) is 3.25. The number of aromatic nitrogens is 3. The topological polar surface area (TPSA) is 57.5 Å². The summed E-state index contributed by atoms with van der Waals surface area (Å²) in [6, 6.07) is 16.6. The number of benzene rings is 2. The van der Waals surface area contributed by atoms with Crippen LogP contribution in [0.5, 0.6) is 0 Å². The van der Waals surface area contributed by atoms with Gasteiger partial charge in [0.1, 0.15) is 5.82 Å². The molecule has 154 valence electrons. The molecule has 0 N–H and O–H groups in total. The minimum Gasteiger partial charge on any atom is -0.369 e. The van der Waals surface area contributed by atoms with E-state index in [1.54, 1.807) is 0 Å². The number of hydrogen-bond donors (Lipinski definition) is 0. The minimum absolute atomic E-state index is 0.0709. The number of carbonyl (C=O) groups excluding carboxylic acids is 1. The molecule has 0 atom stereocenters. The molecule has 5 rings (SSSR count). The van der Waals surface area contributed by atoms with Gasteiger partial charge in [0.2, 0.25) is 0 Å². The van der Waals surface area contributed by atoms with Gasteiger partial charge in [-0.25, -0.2) is 4.39 Å². The fourth-order valence-corrected chi connectivity index (χ4v) is 4.06. The van der Waals surface area contributed by atoms with E-state index in [1.165, 1.54) is 23.1 Å². The average molecular weight is 406 g/mol. The number of amides is 1. The molecule has 0 unspecified atom stereocenters. The number of para-hydroxylation sites is 1. The molecule has 2 aromatic carbocycles. The summed E-state index contributed by atoms with van der Waals surface area (Å²) in [5.74, 6) is -0.279. The van der Waals surface area contributed by atoms with Gasteiger partial charge in [-0.2, -0.15) is 9.90 Å². The summed E-state index contributed by atoms with van der Waals surface area (Å²) in [5.41, 5.74) is 2.26. The van der Waals surface area contributed by atoms with Crippen LogP contribution in [-0.4, -0.2) is 76.0 Å². The molecule has 30 heavy (non-hydrogen) atoms. The molecular weight excluding hydrogens is 383 g/mol. The standard InChI is InChI=1S/C22H23FN6O/c23-17-6-8-18(9-7-17)26-10-12-27(13-11-26)20-15-28(16-20)22(30)21-14-24-29(25-21)19-4-2-1-3-5-19/h1-9,14,20H,10-13,15-16H2. The van der Waals surface area contributed by atoms with Crippen LogP contribution in [0.2, 0.25) is 0 Å². The van der Waals surface area contributed by atoms with Crippen molar-refractivity contribution in [1.82, 2.24) is 24.8 Å². The van der Waals surface area contributed by atoms with Gasteiger partial charge in [0.15, 0.2) is 5.69 Å². The lowest BCUT2D eigenvalue weighted by atomic mass is 10.1. The van der Waals surface area contributed by atoms with Gasteiger partial charge in [-0.05, 0) is 36.4 Å². The third-order valence-corrected chi connectivity index (χ3v) is 5.87. The lowest BCUT2D eigenvalue weighted by Gasteiger charge is -2.48. The highest BCUT2D eigenvalue weighted by Gasteiger charge is 2.37. The van der Waals surface area contributed by atoms with Crippen LogP contribution in [0.15, 0.2) is 60.8 Å². The number of piperazine rings is 1. The zero-order valence-corrected chi connectivity index (χ0v) is 16.6. The van der Waals surface area contributed by atoms with Crippen LogP contribution in [0, 0.1) is 5.82 Å². The fraction of sp³-hybridized carbons (Fsp3) is 0.318. The summed E-state index contributed by atoms with van der Waals surface area (Å²) in [6.45, 7) is 5.12. The van der Waals surface area contributed by atoms with Crippen LogP contribution in [0.4, 0.5) is 10.1 Å². The van der Waals surface area contributed by atoms with Gasteiger partial charge >= 0.3 is 0 Å². The van der Waals surface area contributed by atoms with Crippen LogP contribution >= 0.6 is 0 Å². The molecule has 2 saturated heterocycles. The van der Waals surface area contributed by atoms with Gasteiger partial charge in [0.05, 0.1) is 11.9 Å². The molecule has 2 aliphatic heterocycles. The SMILES string of the molecule is O=C(c1cnn(-c2ccccc2)n1)N1CC(N2CCN(c3ccc(F)cc3)CC2)C1. The van der Waals surface area contributed by atoms with E-state index in [-0.39, 0.29) is 11.7 Å². The molecular formula is C22H23FN6O. The maximum atomic E-state index is 13.1. The summed E-state index contributed by atoms with van der Waals surface area (Å²) >= 11 is 0. The molecule has 7 nitrogen and oxygen atoms in total. The molecule has 0 saturated carbocycles. The summed E-state index contributed by atoms with van der Waals surface area (Å²) in [6.07, 6.45) is 1.53. The summed E-state index contributed by atoms with van der Waals surface area (Å²) in [5, 5.41) is 8.56. The molecule has 0 radical (unpaired) electrons. The molecule has 1 aromatic heterocycles. The predicted molar refractivity (Wildman–Crippen MR) is 111 cm³/mol. The molecule has 3 aromatic rings. The highest BCUT2D eigenvalue weighted by Crippen LogP contribution is 2.22.